The first-order chi connectivity index (χ1) is 10.3. The molecule has 1 aromatic carbocycles. The van der Waals surface area contributed by atoms with Crippen molar-refractivity contribution < 1.29 is 9.94 Å². The normalized spacial score (nSPS) is 12.3. The van der Waals surface area contributed by atoms with Crippen molar-refractivity contribution in [2.45, 2.75) is 26.4 Å². The first kappa shape index (κ1) is 16.6. The van der Waals surface area contributed by atoms with Gasteiger partial charge >= 0.3 is 0 Å². The first-order valence-corrected chi connectivity index (χ1v) is 7.39. The molecule has 0 bridgehead atoms. The Morgan fingerprint density at radius 3 is 2.36 bits per heavy atom. The summed E-state index contributed by atoms with van der Waals surface area (Å²) in [5, 5.41) is 15.1. The van der Waals surface area contributed by atoms with E-state index in [-0.39, 0.29) is 5.75 Å². The number of benzene rings is 1. The number of hydrogen-bond donors (Lipinski definition) is 1. The third-order valence-electron chi connectivity index (χ3n) is 2.56. The Bertz CT molecular complexity index is 689. The molecule has 116 valence electrons. The summed E-state index contributed by atoms with van der Waals surface area (Å²) in [5.74, 6) is -0.00476. The molecule has 0 unspecified atom stereocenters. The van der Waals surface area contributed by atoms with Crippen molar-refractivity contribution in [3.63, 3.8) is 0 Å². The molecule has 1 heterocycles. The molecule has 0 atom stereocenters. The highest BCUT2D eigenvalue weighted by Gasteiger charge is 2.18. The monoisotopic (exact) mass is 338 g/mol. The van der Waals surface area contributed by atoms with Gasteiger partial charge in [-0.05, 0) is 51.1 Å². The van der Waals surface area contributed by atoms with Crippen molar-refractivity contribution in [3.8, 4) is 5.75 Å². The van der Waals surface area contributed by atoms with Gasteiger partial charge in [0.1, 0.15) is 22.8 Å². The Morgan fingerprint density at radius 2 is 1.82 bits per heavy atom. The number of oxime groups is 1. The Morgan fingerprint density at radius 1 is 1.18 bits per heavy atom. The summed E-state index contributed by atoms with van der Waals surface area (Å²) >= 11 is 12.1. The molecule has 0 amide bonds. The van der Waals surface area contributed by atoms with E-state index in [2.05, 4.69) is 10.1 Å². The molecule has 4 nitrogen and oxygen atoms in total. The fourth-order valence-corrected chi connectivity index (χ4v) is 2.21. The molecule has 1 aromatic heterocycles. The molecule has 0 aliphatic rings. The van der Waals surface area contributed by atoms with Gasteiger partial charge in [-0.2, -0.15) is 0 Å². The van der Waals surface area contributed by atoms with Crippen molar-refractivity contribution in [2.24, 2.45) is 5.16 Å². The fourth-order valence-electron chi connectivity index (χ4n) is 1.69. The molecule has 1 N–H and O–H groups in total. The van der Waals surface area contributed by atoms with E-state index in [1.54, 1.807) is 30.5 Å². The highest BCUT2D eigenvalue weighted by Crippen LogP contribution is 2.25. The molecular formula is C16H16Cl2N2O2. The van der Waals surface area contributed by atoms with Crippen LogP contribution in [0.2, 0.25) is 10.0 Å². The molecule has 0 aliphatic carbocycles. The largest absolute Gasteiger partial charge is 0.506 e. The zero-order valence-electron chi connectivity index (χ0n) is 12.5. The average molecular weight is 339 g/mol. The van der Waals surface area contributed by atoms with E-state index < -0.39 is 5.60 Å². The number of hydrogen-bond acceptors (Lipinski definition) is 4. The summed E-state index contributed by atoms with van der Waals surface area (Å²) < 4.78 is 0. The number of aromatic hydroxyl groups is 1. The van der Waals surface area contributed by atoms with Crippen LogP contribution >= 0.6 is 23.2 Å². The number of pyridine rings is 1. The van der Waals surface area contributed by atoms with Crippen molar-refractivity contribution in [1.29, 1.82) is 0 Å². The van der Waals surface area contributed by atoms with Gasteiger partial charge in [-0.15, -0.1) is 0 Å². The van der Waals surface area contributed by atoms with Gasteiger partial charge in [0.05, 0.1) is 0 Å². The van der Waals surface area contributed by atoms with Gasteiger partial charge < -0.3 is 9.94 Å². The number of aromatic nitrogens is 1. The Balaban J connectivity index is 2.58. The van der Waals surface area contributed by atoms with Crippen LogP contribution in [0.15, 0.2) is 41.7 Å². The fraction of sp³-hybridized carbons (Fsp3) is 0.250. The van der Waals surface area contributed by atoms with Crippen molar-refractivity contribution in [1.82, 2.24) is 4.98 Å². The minimum atomic E-state index is -0.488. The summed E-state index contributed by atoms with van der Waals surface area (Å²) in [6.07, 6.45) is 1.56. The topological polar surface area (TPSA) is 54.7 Å². The SMILES string of the molecule is CC(C)(C)O/N=C(\c1cc(Cl)cc(Cl)c1)c1ncccc1O. The predicted molar refractivity (Wildman–Crippen MR) is 88.8 cm³/mol. The average Bonchev–Trinajstić information content (AvgIpc) is 2.38. The van der Waals surface area contributed by atoms with Crippen LogP contribution in [0.1, 0.15) is 32.0 Å². The van der Waals surface area contributed by atoms with Crippen molar-refractivity contribution >= 4 is 28.9 Å². The Labute approximate surface area is 139 Å². The Hall–Kier alpha value is -1.78. The van der Waals surface area contributed by atoms with E-state index in [1.807, 2.05) is 20.8 Å². The van der Waals surface area contributed by atoms with Crippen LogP contribution in [0, 0.1) is 0 Å². The molecule has 0 saturated carbocycles. The lowest BCUT2D eigenvalue weighted by Crippen LogP contribution is -2.18. The van der Waals surface area contributed by atoms with Gasteiger partial charge in [0.15, 0.2) is 0 Å². The summed E-state index contributed by atoms with van der Waals surface area (Å²) in [7, 11) is 0. The summed E-state index contributed by atoms with van der Waals surface area (Å²) in [6.45, 7) is 5.62. The second-order valence-electron chi connectivity index (χ2n) is 5.67. The molecule has 2 aromatic rings. The van der Waals surface area contributed by atoms with E-state index in [0.717, 1.165) is 0 Å². The maximum Gasteiger partial charge on any atom is 0.143 e. The summed E-state index contributed by atoms with van der Waals surface area (Å²) in [6, 6.07) is 8.15. The predicted octanol–water partition coefficient (Wildman–Crippen LogP) is 4.66. The number of rotatable bonds is 3. The third kappa shape index (κ3) is 4.36. The lowest BCUT2D eigenvalue weighted by atomic mass is 10.1. The smallest absolute Gasteiger partial charge is 0.143 e. The Kier molecular flexibility index (Phi) is 4.94. The minimum absolute atomic E-state index is 0.00476. The second kappa shape index (κ2) is 6.55. The van der Waals surface area contributed by atoms with Gasteiger partial charge in [0.25, 0.3) is 0 Å². The number of nitrogens with zero attached hydrogens (tertiary/aromatic N) is 2. The molecule has 0 radical (unpaired) electrons. The van der Waals surface area contributed by atoms with Crippen LogP contribution < -0.4 is 0 Å². The van der Waals surface area contributed by atoms with Gasteiger partial charge in [-0.3, -0.25) is 4.98 Å². The van der Waals surface area contributed by atoms with Crippen molar-refractivity contribution in [2.75, 3.05) is 0 Å². The zero-order valence-corrected chi connectivity index (χ0v) is 14.0. The maximum atomic E-state index is 10.0. The van der Waals surface area contributed by atoms with Crippen LogP contribution in [0.25, 0.3) is 0 Å². The second-order valence-corrected chi connectivity index (χ2v) is 6.55. The minimum Gasteiger partial charge on any atom is -0.506 e. The van der Waals surface area contributed by atoms with Gasteiger partial charge in [-0.25, -0.2) is 0 Å². The molecule has 0 aliphatic heterocycles. The van der Waals surface area contributed by atoms with Gasteiger partial charge in [0, 0.05) is 21.8 Å². The summed E-state index contributed by atoms with van der Waals surface area (Å²) in [5.41, 5.74) is 0.774. The van der Waals surface area contributed by atoms with Crippen LogP contribution in [0.4, 0.5) is 0 Å². The molecule has 0 fully saturated rings. The molecule has 2 rings (SSSR count). The van der Waals surface area contributed by atoms with Crippen LogP contribution in [-0.4, -0.2) is 21.4 Å². The maximum absolute atomic E-state index is 10.0. The van der Waals surface area contributed by atoms with E-state index in [0.29, 0.717) is 27.0 Å². The highest BCUT2D eigenvalue weighted by atomic mass is 35.5. The van der Waals surface area contributed by atoms with Crippen LogP contribution in [0.5, 0.6) is 5.75 Å². The summed E-state index contributed by atoms with van der Waals surface area (Å²) in [4.78, 5) is 9.65. The van der Waals surface area contributed by atoms with E-state index >= 15 is 0 Å². The molecule has 6 heteroatoms. The number of halogens is 2. The lowest BCUT2D eigenvalue weighted by Gasteiger charge is -2.17. The van der Waals surface area contributed by atoms with Gasteiger partial charge in [-0.1, -0.05) is 28.4 Å². The van der Waals surface area contributed by atoms with E-state index in [4.69, 9.17) is 28.0 Å². The first-order valence-electron chi connectivity index (χ1n) is 6.63. The quantitative estimate of drug-likeness (QED) is 0.653. The molecule has 22 heavy (non-hydrogen) atoms. The standard InChI is InChI=1S/C16H16Cl2N2O2/c1-16(2,3)22-20-14(15-13(21)5-4-6-19-15)10-7-11(17)9-12(18)8-10/h4-9,21H,1-3H3/b20-14+. The lowest BCUT2D eigenvalue weighted by molar-refractivity contribution is 0.00111. The zero-order chi connectivity index (χ0) is 16.3. The third-order valence-corrected chi connectivity index (χ3v) is 2.99. The van der Waals surface area contributed by atoms with Crippen LogP contribution in [0.3, 0.4) is 0 Å². The van der Waals surface area contributed by atoms with Crippen LogP contribution in [-0.2, 0) is 4.84 Å². The molecular weight excluding hydrogens is 323 g/mol. The van der Waals surface area contributed by atoms with E-state index in [1.165, 1.54) is 6.07 Å². The highest BCUT2D eigenvalue weighted by molar-refractivity contribution is 6.35. The van der Waals surface area contributed by atoms with Gasteiger partial charge in [0.2, 0.25) is 0 Å². The van der Waals surface area contributed by atoms with Crippen molar-refractivity contribution in [3.05, 3.63) is 57.8 Å². The molecule has 0 saturated heterocycles. The molecule has 0 spiro atoms. The van der Waals surface area contributed by atoms with E-state index in [9.17, 15) is 5.11 Å².